The van der Waals surface area contributed by atoms with Crippen molar-refractivity contribution in [3.05, 3.63) is 71.7 Å². The number of halogens is 1. The van der Waals surface area contributed by atoms with E-state index in [-0.39, 0.29) is 11.4 Å². The van der Waals surface area contributed by atoms with Crippen LogP contribution in [0.1, 0.15) is 16.1 Å². The second-order valence-corrected chi connectivity index (χ2v) is 5.33. The third-order valence-corrected chi connectivity index (χ3v) is 3.37. The Morgan fingerprint density at radius 2 is 1.76 bits per heavy atom. The van der Waals surface area contributed by atoms with Crippen LogP contribution in [0.15, 0.2) is 54.6 Å². The van der Waals surface area contributed by atoms with Crippen LogP contribution >= 0.6 is 0 Å². The molecule has 0 radical (unpaired) electrons. The number of carboxylic acids is 1. The van der Waals surface area contributed by atoms with Gasteiger partial charge in [0.25, 0.3) is 0 Å². The SMILES string of the molecule is Cc1cc(Nc2ccccc2C(=O)O)nc(Nc2ccc(F)cc2)n1. The molecule has 0 unspecified atom stereocenters. The normalized spacial score (nSPS) is 10.3. The van der Waals surface area contributed by atoms with Gasteiger partial charge in [0, 0.05) is 17.4 Å². The Morgan fingerprint density at radius 1 is 1.04 bits per heavy atom. The van der Waals surface area contributed by atoms with E-state index in [0.29, 0.717) is 28.8 Å². The lowest BCUT2D eigenvalue weighted by Gasteiger charge is -2.11. The first-order valence-corrected chi connectivity index (χ1v) is 7.49. The van der Waals surface area contributed by atoms with E-state index in [9.17, 15) is 14.3 Å². The maximum atomic E-state index is 13.0. The predicted octanol–water partition coefficient (Wildman–Crippen LogP) is 4.11. The number of hydrogen-bond acceptors (Lipinski definition) is 5. The first-order valence-electron chi connectivity index (χ1n) is 7.49. The van der Waals surface area contributed by atoms with Crippen LogP contribution in [0.25, 0.3) is 0 Å². The number of rotatable bonds is 5. The number of hydrogen-bond donors (Lipinski definition) is 3. The molecule has 25 heavy (non-hydrogen) atoms. The molecule has 3 N–H and O–H groups in total. The summed E-state index contributed by atoms with van der Waals surface area (Å²) in [7, 11) is 0. The second kappa shape index (κ2) is 6.96. The van der Waals surface area contributed by atoms with Crippen molar-refractivity contribution in [3.8, 4) is 0 Å². The monoisotopic (exact) mass is 338 g/mol. The van der Waals surface area contributed by atoms with E-state index in [1.807, 2.05) is 0 Å². The first-order chi connectivity index (χ1) is 12.0. The number of nitrogens with one attached hydrogen (secondary N) is 2. The number of carboxylic acid groups (broad SMARTS) is 1. The average Bonchev–Trinajstić information content (AvgIpc) is 2.57. The molecule has 126 valence electrons. The molecule has 0 saturated carbocycles. The van der Waals surface area contributed by atoms with Gasteiger partial charge < -0.3 is 15.7 Å². The highest BCUT2D eigenvalue weighted by molar-refractivity contribution is 5.95. The molecule has 3 aromatic rings. The van der Waals surface area contributed by atoms with Crippen LogP contribution in [0.4, 0.5) is 27.5 Å². The van der Waals surface area contributed by atoms with Crippen LogP contribution in [0, 0.1) is 12.7 Å². The van der Waals surface area contributed by atoms with Gasteiger partial charge in [0.05, 0.1) is 11.3 Å². The Labute approximate surface area is 143 Å². The van der Waals surface area contributed by atoms with Gasteiger partial charge in [-0.1, -0.05) is 12.1 Å². The molecule has 0 saturated heterocycles. The summed E-state index contributed by atoms with van der Waals surface area (Å²) in [4.78, 5) is 19.9. The van der Waals surface area contributed by atoms with Gasteiger partial charge in [-0.05, 0) is 43.3 Å². The minimum atomic E-state index is -1.03. The number of nitrogens with zero attached hydrogens (tertiary/aromatic N) is 2. The second-order valence-electron chi connectivity index (χ2n) is 5.33. The molecule has 2 aromatic carbocycles. The third-order valence-electron chi connectivity index (χ3n) is 3.37. The summed E-state index contributed by atoms with van der Waals surface area (Å²) in [5.74, 6) is -0.588. The van der Waals surface area contributed by atoms with E-state index in [4.69, 9.17) is 0 Å². The van der Waals surface area contributed by atoms with Crippen molar-refractivity contribution >= 4 is 29.1 Å². The standard InChI is InChI=1S/C18H15FN4O2/c1-11-10-16(22-15-5-3-2-4-14(15)17(24)25)23-18(20-11)21-13-8-6-12(19)7-9-13/h2-10H,1H3,(H,24,25)(H2,20,21,22,23). The van der Waals surface area contributed by atoms with Crippen LogP contribution < -0.4 is 10.6 Å². The van der Waals surface area contributed by atoms with E-state index >= 15 is 0 Å². The zero-order valence-corrected chi connectivity index (χ0v) is 13.3. The Hall–Kier alpha value is -3.48. The van der Waals surface area contributed by atoms with Crippen molar-refractivity contribution in [1.29, 1.82) is 0 Å². The molecule has 0 fully saturated rings. The lowest BCUT2D eigenvalue weighted by Crippen LogP contribution is -2.05. The van der Waals surface area contributed by atoms with Gasteiger partial charge >= 0.3 is 5.97 Å². The summed E-state index contributed by atoms with van der Waals surface area (Å²) < 4.78 is 13.0. The molecule has 1 aromatic heterocycles. The quantitative estimate of drug-likeness (QED) is 0.649. The molecule has 0 bridgehead atoms. The summed E-state index contributed by atoms with van der Waals surface area (Å²) in [6.45, 7) is 1.80. The minimum absolute atomic E-state index is 0.145. The molecular weight excluding hydrogens is 323 g/mol. The smallest absolute Gasteiger partial charge is 0.337 e. The molecule has 7 heteroatoms. The van der Waals surface area contributed by atoms with E-state index in [1.54, 1.807) is 43.3 Å². The minimum Gasteiger partial charge on any atom is -0.478 e. The van der Waals surface area contributed by atoms with E-state index < -0.39 is 5.97 Å². The lowest BCUT2D eigenvalue weighted by molar-refractivity contribution is 0.0698. The van der Waals surface area contributed by atoms with Gasteiger partial charge in [-0.15, -0.1) is 0 Å². The summed E-state index contributed by atoms with van der Waals surface area (Å²) in [5.41, 5.74) is 1.91. The largest absolute Gasteiger partial charge is 0.478 e. The van der Waals surface area contributed by atoms with Crippen molar-refractivity contribution in [3.63, 3.8) is 0 Å². The number of benzene rings is 2. The highest BCUT2D eigenvalue weighted by Crippen LogP contribution is 2.22. The summed E-state index contributed by atoms with van der Waals surface area (Å²) in [6, 6.07) is 14.1. The van der Waals surface area contributed by atoms with Crippen molar-refractivity contribution < 1.29 is 14.3 Å². The molecule has 3 rings (SSSR count). The fraction of sp³-hybridized carbons (Fsp3) is 0.0556. The van der Waals surface area contributed by atoms with Crippen LogP contribution in [0.5, 0.6) is 0 Å². The van der Waals surface area contributed by atoms with Gasteiger partial charge in [-0.3, -0.25) is 0 Å². The number of anilines is 4. The third kappa shape index (κ3) is 4.08. The van der Waals surface area contributed by atoms with Crippen LogP contribution in [0.2, 0.25) is 0 Å². The van der Waals surface area contributed by atoms with Crippen LogP contribution in [-0.2, 0) is 0 Å². The van der Waals surface area contributed by atoms with Gasteiger partial charge in [-0.2, -0.15) is 4.98 Å². The van der Waals surface area contributed by atoms with Gasteiger partial charge in [-0.25, -0.2) is 14.2 Å². The fourth-order valence-electron chi connectivity index (χ4n) is 2.27. The molecule has 6 nitrogen and oxygen atoms in total. The molecule has 0 aliphatic carbocycles. The molecular formula is C18H15FN4O2. The molecule has 1 heterocycles. The Balaban J connectivity index is 1.87. The molecule has 0 spiro atoms. The summed E-state index contributed by atoms with van der Waals surface area (Å²) in [5, 5.41) is 15.2. The maximum absolute atomic E-state index is 13.0. The topological polar surface area (TPSA) is 87.1 Å². The zero-order valence-electron chi connectivity index (χ0n) is 13.3. The van der Waals surface area contributed by atoms with Crippen molar-refractivity contribution in [2.75, 3.05) is 10.6 Å². The zero-order chi connectivity index (χ0) is 17.8. The predicted molar refractivity (Wildman–Crippen MR) is 93.1 cm³/mol. The van der Waals surface area contributed by atoms with Crippen LogP contribution in [-0.4, -0.2) is 21.0 Å². The fourth-order valence-corrected chi connectivity index (χ4v) is 2.27. The lowest BCUT2D eigenvalue weighted by atomic mass is 10.2. The highest BCUT2D eigenvalue weighted by Gasteiger charge is 2.10. The van der Waals surface area contributed by atoms with E-state index in [0.717, 1.165) is 0 Å². The number of aromatic carboxylic acids is 1. The first kappa shape index (κ1) is 16.4. The Kier molecular flexibility index (Phi) is 4.56. The molecule has 0 aliphatic rings. The van der Waals surface area contributed by atoms with Crippen LogP contribution in [0.3, 0.4) is 0 Å². The van der Waals surface area contributed by atoms with E-state index in [1.165, 1.54) is 18.2 Å². The summed E-state index contributed by atoms with van der Waals surface area (Å²) >= 11 is 0. The number of para-hydroxylation sites is 1. The summed E-state index contributed by atoms with van der Waals surface area (Å²) in [6.07, 6.45) is 0. The molecule has 0 aliphatic heterocycles. The van der Waals surface area contributed by atoms with Gasteiger partial charge in [0.15, 0.2) is 0 Å². The van der Waals surface area contributed by atoms with Gasteiger partial charge in [0.2, 0.25) is 5.95 Å². The van der Waals surface area contributed by atoms with Gasteiger partial charge in [0.1, 0.15) is 11.6 Å². The number of aryl methyl sites for hydroxylation is 1. The maximum Gasteiger partial charge on any atom is 0.337 e. The number of aromatic nitrogens is 2. The average molecular weight is 338 g/mol. The molecule has 0 atom stereocenters. The van der Waals surface area contributed by atoms with Crippen molar-refractivity contribution in [1.82, 2.24) is 9.97 Å². The highest BCUT2D eigenvalue weighted by atomic mass is 19.1. The Bertz CT molecular complexity index is 913. The Morgan fingerprint density at radius 3 is 2.48 bits per heavy atom. The van der Waals surface area contributed by atoms with Crippen molar-refractivity contribution in [2.45, 2.75) is 6.92 Å². The van der Waals surface area contributed by atoms with E-state index in [2.05, 4.69) is 20.6 Å². The molecule has 0 amide bonds. The number of carbonyl (C=O) groups is 1. The van der Waals surface area contributed by atoms with Crippen molar-refractivity contribution in [2.24, 2.45) is 0 Å².